The Balaban J connectivity index is 2.08. The molecule has 0 saturated heterocycles. The first-order valence-electron chi connectivity index (χ1n) is 10.1. The number of ether oxygens (including phenoxy) is 4. The van der Waals surface area contributed by atoms with Gasteiger partial charge in [0.25, 0.3) is 0 Å². The first-order valence-corrected chi connectivity index (χ1v) is 11.1. The summed E-state index contributed by atoms with van der Waals surface area (Å²) in [5.41, 5.74) is 0. The molecule has 0 aliphatic heterocycles. The minimum atomic E-state index is -0.436. The molecule has 31 heavy (non-hydrogen) atoms. The van der Waals surface area contributed by atoms with E-state index >= 15 is 0 Å². The summed E-state index contributed by atoms with van der Waals surface area (Å²) in [6.45, 7) is 6.76. The van der Waals surface area contributed by atoms with Crippen molar-refractivity contribution in [2.75, 3.05) is 13.2 Å². The molecule has 0 aliphatic carbocycles. The maximum Gasteiger partial charge on any atom is 0.344 e. The lowest BCUT2D eigenvalue weighted by molar-refractivity contribution is -0.150. The lowest BCUT2D eigenvalue weighted by Crippen LogP contribution is -2.19. The number of carbonyl (C=O) groups is 2. The van der Waals surface area contributed by atoms with Gasteiger partial charge in [0, 0.05) is 25.1 Å². The normalized spacial score (nSPS) is 11.2. The van der Waals surface area contributed by atoms with E-state index in [-0.39, 0.29) is 25.4 Å². The lowest BCUT2D eigenvalue weighted by Gasteiger charge is -2.18. The molecule has 6 nitrogen and oxygen atoms in total. The monoisotopic (exact) mass is 536 g/mol. The standard InChI is InChI=1S/C24H25IO6/c1-14(2)30-20(26)12-28-23-16-8-5-6-9-17(16)24(29-13-21(27)31-15(3)4)22-18(23)10-7-11-19(22)25/h5-11,14-15H,12-13H2,1-4H3. The predicted octanol–water partition coefficient (Wildman–Crippen LogP) is 5.26. The van der Waals surface area contributed by atoms with Crippen LogP contribution in [0.1, 0.15) is 27.7 Å². The van der Waals surface area contributed by atoms with Crippen molar-refractivity contribution in [3.8, 4) is 11.5 Å². The van der Waals surface area contributed by atoms with Crippen LogP contribution in [0.3, 0.4) is 0 Å². The second-order valence-electron chi connectivity index (χ2n) is 7.52. The SMILES string of the molecule is CC(C)OC(=O)COc1c2ccccc2c(OCC(=O)OC(C)C)c2c(I)cccc12. The van der Waals surface area contributed by atoms with Gasteiger partial charge in [-0.2, -0.15) is 0 Å². The van der Waals surface area contributed by atoms with E-state index in [4.69, 9.17) is 18.9 Å². The Morgan fingerprint density at radius 3 is 1.77 bits per heavy atom. The molecule has 3 aromatic carbocycles. The molecular weight excluding hydrogens is 511 g/mol. The van der Waals surface area contributed by atoms with Crippen molar-refractivity contribution < 1.29 is 28.5 Å². The van der Waals surface area contributed by atoms with E-state index in [1.165, 1.54) is 0 Å². The molecule has 0 aromatic heterocycles. The number of hydrogen-bond donors (Lipinski definition) is 0. The summed E-state index contributed by atoms with van der Waals surface area (Å²) in [4.78, 5) is 24.2. The first kappa shape index (κ1) is 23.1. The topological polar surface area (TPSA) is 71.1 Å². The maximum atomic E-state index is 12.1. The van der Waals surface area contributed by atoms with E-state index in [1.54, 1.807) is 27.7 Å². The van der Waals surface area contributed by atoms with Gasteiger partial charge in [-0.05, 0) is 56.4 Å². The highest BCUT2D eigenvalue weighted by molar-refractivity contribution is 14.1. The highest BCUT2D eigenvalue weighted by atomic mass is 127. The van der Waals surface area contributed by atoms with Gasteiger partial charge in [-0.3, -0.25) is 0 Å². The van der Waals surface area contributed by atoms with Crippen molar-refractivity contribution in [1.29, 1.82) is 0 Å². The third kappa shape index (κ3) is 5.58. The van der Waals surface area contributed by atoms with Crippen LogP contribution in [0.4, 0.5) is 0 Å². The van der Waals surface area contributed by atoms with Gasteiger partial charge in [-0.25, -0.2) is 9.59 Å². The molecule has 0 saturated carbocycles. The van der Waals surface area contributed by atoms with Gasteiger partial charge >= 0.3 is 11.9 Å². The molecule has 0 atom stereocenters. The number of rotatable bonds is 8. The zero-order valence-electron chi connectivity index (χ0n) is 17.9. The number of hydrogen-bond acceptors (Lipinski definition) is 6. The summed E-state index contributed by atoms with van der Waals surface area (Å²) >= 11 is 2.22. The number of esters is 2. The third-order valence-electron chi connectivity index (χ3n) is 4.30. The van der Waals surface area contributed by atoms with Gasteiger partial charge in [0.1, 0.15) is 11.5 Å². The fourth-order valence-electron chi connectivity index (χ4n) is 3.26. The van der Waals surface area contributed by atoms with Crippen molar-refractivity contribution in [3.63, 3.8) is 0 Å². The Kier molecular flexibility index (Phi) is 7.59. The van der Waals surface area contributed by atoms with Crippen LogP contribution in [0.2, 0.25) is 0 Å². The summed E-state index contributed by atoms with van der Waals surface area (Å²) in [5, 5.41) is 3.16. The van der Waals surface area contributed by atoms with Crippen LogP contribution in [0, 0.1) is 3.57 Å². The number of carbonyl (C=O) groups excluding carboxylic acids is 2. The van der Waals surface area contributed by atoms with Gasteiger partial charge in [-0.15, -0.1) is 0 Å². The second-order valence-corrected chi connectivity index (χ2v) is 8.68. The smallest absolute Gasteiger partial charge is 0.344 e. The van der Waals surface area contributed by atoms with Crippen LogP contribution in [-0.4, -0.2) is 37.4 Å². The average Bonchev–Trinajstić information content (AvgIpc) is 2.69. The molecule has 0 aliphatic rings. The van der Waals surface area contributed by atoms with Crippen molar-refractivity contribution in [1.82, 2.24) is 0 Å². The van der Waals surface area contributed by atoms with Gasteiger partial charge in [0.15, 0.2) is 13.2 Å². The van der Waals surface area contributed by atoms with Crippen LogP contribution in [0.15, 0.2) is 42.5 Å². The second kappa shape index (κ2) is 10.2. The predicted molar refractivity (Wildman–Crippen MR) is 128 cm³/mol. The van der Waals surface area contributed by atoms with Crippen molar-refractivity contribution in [2.45, 2.75) is 39.9 Å². The zero-order valence-corrected chi connectivity index (χ0v) is 20.1. The molecule has 0 bridgehead atoms. The third-order valence-corrected chi connectivity index (χ3v) is 5.20. The van der Waals surface area contributed by atoms with Crippen molar-refractivity contribution in [2.24, 2.45) is 0 Å². The number of benzene rings is 3. The number of fused-ring (bicyclic) bond motifs is 2. The molecule has 0 heterocycles. The maximum absolute atomic E-state index is 12.1. The van der Waals surface area contributed by atoms with Crippen LogP contribution in [0.25, 0.3) is 21.5 Å². The van der Waals surface area contributed by atoms with E-state index in [0.717, 1.165) is 25.1 Å². The molecule has 0 unspecified atom stereocenters. The highest BCUT2D eigenvalue weighted by Gasteiger charge is 2.20. The Labute approximate surface area is 194 Å². The molecule has 0 amide bonds. The first-order chi connectivity index (χ1) is 14.8. The lowest BCUT2D eigenvalue weighted by atomic mass is 10.0. The van der Waals surface area contributed by atoms with E-state index < -0.39 is 11.9 Å². The fourth-order valence-corrected chi connectivity index (χ4v) is 4.01. The van der Waals surface area contributed by atoms with Gasteiger partial charge in [-0.1, -0.05) is 36.4 Å². The van der Waals surface area contributed by atoms with E-state index in [2.05, 4.69) is 22.6 Å². The van der Waals surface area contributed by atoms with E-state index in [0.29, 0.717) is 11.5 Å². The van der Waals surface area contributed by atoms with Crippen molar-refractivity contribution in [3.05, 3.63) is 46.0 Å². The molecule has 164 valence electrons. The Morgan fingerprint density at radius 1 is 0.742 bits per heavy atom. The summed E-state index contributed by atoms with van der Waals surface area (Å²) in [6, 6.07) is 13.4. The molecule has 0 spiro atoms. The minimum Gasteiger partial charge on any atom is -0.481 e. The van der Waals surface area contributed by atoms with Crippen molar-refractivity contribution >= 4 is 56.1 Å². The average molecular weight is 536 g/mol. The summed E-state index contributed by atoms with van der Waals surface area (Å²) in [5.74, 6) is 0.278. The van der Waals surface area contributed by atoms with E-state index in [9.17, 15) is 9.59 Å². The molecule has 3 rings (SSSR count). The minimum absolute atomic E-state index is 0.205. The zero-order chi connectivity index (χ0) is 22.5. The summed E-state index contributed by atoms with van der Waals surface area (Å²) in [7, 11) is 0. The highest BCUT2D eigenvalue weighted by Crippen LogP contribution is 2.44. The molecule has 0 fully saturated rings. The van der Waals surface area contributed by atoms with Gasteiger partial charge in [0.2, 0.25) is 0 Å². The molecule has 3 aromatic rings. The molecule has 0 radical (unpaired) electrons. The van der Waals surface area contributed by atoms with Crippen LogP contribution in [0.5, 0.6) is 11.5 Å². The van der Waals surface area contributed by atoms with E-state index in [1.807, 2.05) is 42.5 Å². The summed E-state index contributed by atoms with van der Waals surface area (Å²) < 4.78 is 23.3. The fraction of sp³-hybridized carbons (Fsp3) is 0.333. The van der Waals surface area contributed by atoms with Crippen LogP contribution >= 0.6 is 22.6 Å². The largest absolute Gasteiger partial charge is 0.481 e. The van der Waals surface area contributed by atoms with Gasteiger partial charge in [0.05, 0.1) is 12.2 Å². The van der Waals surface area contributed by atoms with Crippen LogP contribution < -0.4 is 9.47 Å². The Morgan fingerprint density at radius 2 is 1.23 bits per heavy atom. The number of halogens is 1. The summed E-state index contributed by atoms with van der Waals surface area (Å²) in [6.07, 6.45) is -0.432. The Bertz CT molecular complexity index is 1110. The quantitative estimate of drug-likeness (QED) is 0.222. The molecular formula is C24H25IO6. The Hall–Kier alpha value is -2.55. The molecule has 0 N–H and O–H groups in total. The van der Waals surface area contributed by atoms with Gasteiger partial charge < -0.3 is 18.9 Å². The molecule has 7 heteroatoms. The van der Waals surface area contributed by atoms with Crippen LogP contribution in [-0.2, 0) is 19.1 Å².